The van der Waals surface area contributed by atoms with E-state index in [9.17, 15) is 0 Å². The molecule has 0 aromatic heterocycles. The quantitative estimate of drug-likeness (QED) is 0.420. The molecule has 3 aromatic carbocycles. The first-order valence-corrected chi connectivity index (χ1v) is 6.69. The minimum atomic E-state index is 0.302. The van der Waals surface area contributed by atoms with Crippen molar-refractivity contribution in [3.05, 3.63) is 65.7 Å². The third-order valence-corrected chi connectivity index (χ3v) is 4.25. The predicted molar refractivity (Wildman–Crippen MR) is 78.1 cm³/mol. The molecule has 0 spiro atoms. The minimum absolute atomic E-state index is 0.302. The van der Waals surface area contributed by atoms with Crippen molar-refractivity contribution < 1.29 is 4.74 Å². The summed E-state index contributed by atoms with van der Waals surface area (Å²) in [5.74, 6) is 0. The zero-order valence-electron chi connectivity index (χ0n) is 10.3. The summed E-state index contributed by atoms with van der Waals surface area (Å²) in [5.41, 5.74) is 2.65. The van der Waals surface area contributed by atoms with Crippen LogP contribution in [0.15, 0.2) is 54.6 Å². The predicted octanol–water partition coefficient (Wildman–Crippen LogP) is 4.46. The minimum Gasteiger partial charge on any atom is -0.360 e. The summed E-state index contributed by atoms with van der Waals surface area (Å²) >= 11 is 0. The molecule has 0 saturated carbocycles. The van der Waals surface area contributed by atoms with Gasteiger partial charge in [0.2, 0.25) is 0 Å². The molecule has 1 nitrogen and oxygen atoms in total. The summed E-state index contributed by atoms with van der Waals surface area (Å²) in [6.45, 7) is 0. The number of epoxide rings is 1. The molecule has 1 heteroatoms. The van der Waals surface area contributed by atoms with Gasteiger partial charge in [0, 0.05) is 0 Å². The van der Waals surface area contributed by atoms with Gasteiger partial charge in [-0.1, -0.05) is 48.6 Å². The smallest absolute Gasteiger partial charge is 0.114 e. The maximum atomic E-state index is 5.65. The van der Waals surface area contributed by atoms with E-state index in [4.69, 9.17) is 4.74 Å². The zero-order chi connectivity index (χ0) is 12.4. The van der Waals surface area contributed by atoms with E-state index in [2.05, 4.69) is 60.7 Å². The molecule has 1 aliphatic carbocycles. The molecule has 0 amide bonds. The Hall–Kier alpha value is -2.12. The van der Waals surface area contributed by atoms with Gasteiger partial charge < -0.3 is 4.74 Å². The van der Waals surface area contributed by atoms with Crippen molar-refractivity contribution in [1.82, 2.24) is 0 Å². The standard InChI is InChI=1S/C18H12O/c1-2-4-14-11(3-1)5-6-12-10-16-13(9-15(12)14)7-8-17-18(16)19-17/h1-10,17-18H/t17-,18?/m1/s1. The molecular formula is C18H12O. The number of hydrogen-bond acceptors (Lipinski definition) is 1. The van der Waals surface area contributed by atoms with Crippen LogP contribution in [0.5, 0.6) is 0 Å². The fraction of sp³-hybridized carbons (Fsp3) is 0.111. The fourth-order valence-corrected chi connectivity index (χ4v) is 3.20. The van der Waals surface area contributed by atoms with E-state index in [0.29, 0.717) is 12.2 Å². The van der Waals surface area contributed by atoms with Gasteiger partial charge in [-0.25, -0.2) is 0 Å². The molecule has 3 aromatic rings. The summed E-state index contributed by atoms with van der Waals surface area (Å²) in [5, 5.41) is 5.27. The Labute approximate surface area is 111 Å². The molecule has 2 atom stereocenters. The van der Waals surface area contributed by atoms with Crippen molar-refractivity contribution in [3.8, 4) is 0 Å². The van der Waals surface area contributed by atoms with E-state index in [-0.39, 0.29) is 0 Å². The molecular weight excluding hydrogens is 232 g/mol. The highest BCUT2D eigenvalue weighted by Gasteiger charge is 2.41. The van der Waals surface area contributed by atoms with Crippen molar-refractivity contribution in [1.29, 1.82) is 0 Å². The summed E-state index contributed by atoms with van der Waals surface area (Å²) < 4.78 is 5.65. The van der Waals surface area contributed by atoms with Gasteiger partial charge in [-0.2, -0.15) is 0 Å². The van der Waals surface area contributed by atoms with Gasteiger partial charge in [0.15, 0.2) is 0 Å². The van der Waals surface area contributed by atoms with Crippen LogP contribution in [0.3, 0.4) is 0 Å². The lowest BCUT2D eigenvalue weighted by Crippen LogP contribution is -1.95. The largest absolute Gasteiger partial charge is 0.360 e. The Kier molecular flexibility index (Phi) is 1.67. The van der Waals surface area contributed by atoms with Crippen molar-refractivity contribution in [2.24, 2.45) is 0 Å². The van der Waals surface area contributed by atoms with E-state index in [1.807, 2.05) is 0 Å². The molecule has 1 aliphatic heterocycles. The van der Waals surface area contributed by atoms with Crippen LogP contribution in [0.2, 0.25) is 0 Å². The maximum Gasteiger partial charge on any atom is 0.114 e. The average molecular weight is 244 g/mol. The second-order valence-electron chi connectivity index (χ2n) is 5.37. The molecule has 1 saturated heterocycles. The highest BCUT2D eigenvalue weighted by molar-refractivity contribution is 6.08. The summed E-state index contributed by atoms with van der Waals surface area (Å²) in [6.07, 6.45) is 5.00. The van der Waals surface area contributed by atoms with Crippen molar-refractivity contribution in [3.63, 3.8) is 0 Å². The average Bonchev–Trinajstić information content (AvgIpc) is 3.25. The van der Waals surface area contributed by atoms with Crippen LogP contribution < -0.4 is 0 Å². The topological polar surface area (TPSA) is 12.5 Å². The Balaban J connectivity index is 1.93. The highest BCUT2D eigenvalue weighted by atomic mass is 16.6. The van der Waals surface area contributed by atoms with Crippen LogP contribution in [0.4, 0.5) is 0 Å². The molecule has 1 fully saturated rings. The van der Waals surface area contributed by atoms with Gasteiger partial charge in [0.25, 0.3) is 0 Å². The first-order chi connectivity index (χ1) is 9.40. The van der Waals surface area contributed by atoms with Crippen molar-refractivity contribution >= 4 is 27.6 Å². The maximum absolute atomic E-state index is 5.65. The molecule has 90 valence electrons. The van der Waals surface area contributed by atoms with Gasteiger partial charge in [-0.05, 0) is 44.8 Å². The number of rotatable bonds is 0. The van der Waals surface area contributed by atoms with Gasteiger partial charge in [0.05, 0.1) is 0 Å². The molecule has 0 bridgehead atoms. The SMILES string of the molecule is C1=C[C@H]2OC2c2cc3ccc4ccccc4c3cc21. The molecule has 0 N–H and O–H groups in total. The number of ether oxygens (including phenoxy) is 1. The molecule has 2 aliphatic rings. The Bertz CT molecular complexity index is 860. The van der Waals surface area contributed by atoms with Crippen LogP contribution >= 0.6 is 0 Å². The molecule has 19 heavy (non-hydrogen) atoms. The van der Waals surface area contributed by atoms with E-state index < -0.39 is 0 Å². The van der Waals surface area contributed by atoms with Crippen LogP contribution in [-0.4, -0.2) is 6.10 Å². The van der Waals surface area contributed by atoms with Crippen molar-refractivity contribution in [2.75, 3.05) is 0 Å². The monoisotopic (exact) mass is 244 g/mol. The van der Waals surface area contributed by atoms with Gasteiger partial charge in [-0.15, -0.1) is 0 Å². The Morgan fingerprint density at radius 3 is 2.74 bits per heavy atom. The zero-order valence-corrected chi connectivity index (χ0v) is 10.3. The fourth-order valence-electron chi connectivity index (χ4n) is 3.20. The molecule has 1 unspecified atom stereocenters. The third-order valence-electron chi connectivity index (χ3n) is 4.25. The van der Waals surface area contributed by atoms with Gasteiger partial charge in [-0.3, -0.25) is 0 Å². The molecule has 0 radical (unpaired) electrons. The highest BCUT2D eigenvalue weighted by Crippen LogP contribution is 2.46. The van der Waals surface area contributed by atoms with Crippen LogP contribution in [0.25, 0.3) is 27.6 Å². The lowest BCUT2D eigenvalue weighted by Gasteiger charge is -2.11. The second-order valence-corrected chi connectivity index (χ2v) is 5.37. The van der Waals surface area contributed by atoms with E-state index in [1.54, 1.807) is 0 Å². The summed E-state index contributed by atoms with van der Waals surface area (Å²) in [7, 11) is 0. The lowest BCUT2D eigenvalue weighted by atomic mass is 9.92. The Morgan fingerprint density at radius 1 is 0.842 bits per heavy atom. The van der Waals surface area contributed by atoms with Crippen LogP contribution in [0, 0.1) is 0 Å². The van der Waals surface area contributed by atoms with Crippen molar-refractivity contribution in [2.45, 2.75) is 12.2 Å². The summed E-state index contributed by atoms with van der Waals surface area (Å²) in [4.78, 5) is 0. The van der Waals surface area contributed by atoms with E-state index in [1.165, 1.54) is 32.7 Å². The van der Waals surface area contributed by atoms with E-state index >= 15 is 0 Å². The first kappa shape index (κ1) is 9.76. The summed E-state index contributed by atoms with van der Waals surface area (Å²) in [6, 6.07) is 17.6. The van der Waals surface area contributed by atoms with Gasteiger partial charge in [0.1, 0.15) is 12.2 Å². The normalized spacial score (nSPS) is 23.4. The second kappa shape index (κ2) is 3.25. The van der Waals surface area contributed by atoms with Crippen LogP contribution in [0.1, 0.15) is 17.2 Å². The number of hydrogen-bond donors (Lipinski definition) is 0. The number of fused-ring (bicyclic) bond motifs is 6. The first-order valence-electron chi connectivity index (χ1n) is 6.69. The Morgan fingerprint density at radius 2 is 1.74 bits per heavy atom. The number of benzene rings is 3. The lowest BCUT2D eigenvalue weighted by molar-refractivity contribution is 0.395. The molecule has 5 rings (SSSR count). The third kappa shape index (κ3) is 1.28. The molecule has 1 heterocycles. The van der Waals surface area contributed by atoms with E-state index in [0.717, 1.165) is 0 Å². The van der Waals surface area contributed by atoms with Crippen LogP contribution in [-0.2, 0) is 4.74 Å². The van der Waals surface area contributed by atoms with Gasteiger partial charge >= 0.3 is 0 Å².